The number of aromatic nitrogens is 4. The molecule has 1 spiro atoms. The van der Waals surface area contributed by atoms with Crippen LogP contribution >= 0.6 is 11.6 Å². The van der Waals surface area contributed by atoms with E-state index in [9.17, 15) is 19.2 Å². The van der Waals surface area contributed by atoms with Gasteiger partial charge in [0.05, 0.1) is 29.0 Å². The number of benzene rings is 2. The molecule has 0 radical (unpaired) electrons. The summed E-state index contributed by atoms with van der Waals surface area (Å²) in [6.45, 7) is 5.18. The van der Waals surface area contributed by atoms with Gasteiger partial charge in [-0.05, 0) is 92.8 Å². The number of rotatable bonds is 6. The molecule has 2 aromatic heterocycles. The average molecular weight is 754 g/mol. The van der Waals surface area contributed by atoms with Crippen LogP contribution in [-0.2, 0) is 23.7 Å². The Labute approximate surface area is 319 Å². The number of hydrogen-bond acceptors (Lipinski definition) is 9. The number of nitrogens with one attached hydrogen (secondary N) is 2. The van der Waals surface area contributed by atoms with Gasteiger partial charge in [0.15, 0.2) is 0 Å². The van der Waals surface area contributed by atoms with E-state index in [-0.39, 0.29) is 45.7 Å². The zero-order chi connectivity index (χ0) is 37.7. The highest BCUT2D eigenvalue weighted by Crippen LogP contribution is 2.43. The lowest BCUT2D eigenvalue weighted by molar-refractivity contribution is -0.134. The number of nitrogens with zero attached hydrogens (tertiary/aromatic N) is 7. The number of halogens is 1. The molecule has 2 aromatic carbocycles. The first-order valence-electron chi connectivity index (χ1n) is 19.1. The highest BCUT2D eigenvalue weighted by molar-refractivity contribution is 6.32. The van der Waals surface area contributed by atoms with Gasteiger partial charge in [0.1, 0.15) is 5.02 Å². The molecule has 3 atom stereocenters. The minimum Gasteiger partial charge on any atom is -0.378 e. The van der Waals surface area contributed by atoms with Crippen molar-refractivity contribution >= 4 is 51.6 Å². The van der Waals surface area contributed by atoms with Crippen LogP contribution in [0.2, 0.25) is 5.02 Å². The molecule has 4 saturated heterocycles. The molecular weight excluding hydrogens is 706 g/mol. The van der Waals surface area contributed by atoms with Crippen molar-refractivity contribution < 1.29 is 14.4 Å². The first-order valence-corrected chi connectivity index (χ1v) is 19.5. The smallest absolute Gasteiger partial charge is 0.287 e. The summed E-state index contributed by atoms with van der Waals surface area (Å²) in [6.07, 6.45) is 7.49. The van der Waals surface area contributed by atoms with Gasteiger partial charge in [-0.25, -0.2) is 4.68 Å². The van der Waals surface area contributed by atoms with Crippen LogP contribution in [0, 0.1) is 5.41 Å². The van der Waals surface area contributed by atoms with E-state index < -0.39 is 5.92 Å². The Balaban J connectivity index is 0.851. The summed E-state index contributed by atoms with van der Waals surface area (Å²) in [5.41, 5.74) is 5.28. The summed E-state index contributed by atoms with van der Waals surface area (Å²) < 4.78 is 3.08. The molecule has 4 aliphatic heterocycles. The molecule has 54 heavy (non-hydrogen) atoms. The Morgan fingerprint density at radius 1 is 0.926 bits per heavy atom. The largest absolute Gasteiger partial charge is 0.378 e. The molecule has 0 aliphatic carbocycles. The van der Waals surface area contributed by atoms with Crippen LogP contribution in [0.15, 0.2) is 53.5 Å². The van der Waals surface area contributed by atoms with Gasteiger partial charge >= 0.3 is 0 Å². The van der Waals surface area contributed by atoms with Gasteiger partial charge in [0, 0.05) is 82.5 Å². The maximum atomic E-state index is 13.7. The summed E-state index contributed by atoms with van der Waals surface area (Å²) in [6, 6.07) is 14.6. The third-order valence-electron chi connectivity index (χ3n) is 12.4. The summed E-state index contributed by atoms with van der Waals surface area (Å²) in [5.74, 6) is -0.529. The number of imide groups is 1. The highest BCUT2D eigenvalue weighted by atomic mass is 35.5. The fraction of sp³-hybridized carbons (Fsp3) is 0.500. The fourth-order valence-electron chi connectivity index (χ4n) is 9.18. The second-order valence-corrected chi connectivity index (χ2v) is 16.3. The van der Waals surface area contributed by atoms with Crippen LogP contribution in [0.5, 0.6) is 0 Å². The molecule has 0 saturated carbocycles. The van der Waals surface area contributed by atoms with Crippen molar-refractivity contribution in [2.45, 2.75) is 62.8 Å². The van der Waals surface area contributed by atoms with E-state index in [1.165, 1.54) is 10.2 Å². The third-order valence-corrected chi connectivity index (χ3v) is 12.8. The lowest BCUT2D eigenvalue weighted by atomic mass is 9.71. The van der Waals surface area contributed by atoms with E-state index in [0.717, 1.165) is 99.2 Å². The second kappa shape index (κ2) is 14.5. The molecule has 8 rings (SSSR count). The number of amides is 3. The molecule has 4 aliphatic rings. The maximum absolute atomic E-state index is 13.7. The molecule has 4 fully saturated rings. The number of aryl methyl sites for hydroxylation is 2. The Hall–Kier alpha value is -4.75. The number of likely N-dealkylation sites (tertiary alicyclic amines) is 2. The molecule has 3 amide bonds. The Morgan fingerprint density at radius 2 is 1.65 bits per heavy atom. The van der Waals surface area contributed by atoms with Crippen molar-refractivity contribution in [3.8, 4) is 0 Å². The van der Waals surface area contributed by atoms with E-state index in [4.69, 9.17) is 16.7 Å². The molecule has 0 bridgehead atoms. The van der Waals surface area contributed by atoms with Crippen LogP contribution in [-0.4, -0.2) is 99.4 Å². The number of hydrogen-bond donors (Lipinski definition) is 2. The number of fused-ring (bicyclic) bond motifs is 1. The maximum Gasteiger partial charge on any atom is 0.287 e. The molecule has 3 unspecified atom stereocenters. The van der Waals surface area contributed by atoms with Gasteiger partial charge in [0.25, 0.3) is 11.5 Å². The van der Waals surface area contributed by atoms with Gasteiger partial charge in [-0.1, -0.05) is 23.7 Å². The van der Waals surface area contributed by atoms with Crippen LogP contribution < -0.4 is 21.1 Å². The summed E-state index contributed by atoms with van der Waals surface area (Å²) in [5, 5.41) is 15.8. The lowest BCUT2D eigenvalue weighted by Gasteiger charge is -2.47. The third kappa shape index (κ3) is 6.99. The number of likely N-dealkylation sites (N-methyl/N-ethyl adjacent to an activating group) is 1. The number of carbonyl (C=O) groups is 3. The number of anilines is 2. The quantitative estimate of drug-likeness (QED) is 0.277. The summed E-state index contributed by atoms with van der Waals surface area (Å²) in [4.78, 5) is 57.0. The summed E-state index contributed by atoms with van der Waals surface area (Å²) >= 11 is 6.33. The van der Waals surface area contributed by atoms with Crippen molar-refractivity contribution in [3.05, 3.63) is 80.9 Å². The van der Waals surface area contributed by atoms with E-state index >= 15 is 0 Å². The predicted molar refractivity (Wildman–Crippen MR) is 208 cm³/mol. The standard InChI is InChI=1S/C40H48ClN9O4/c1-46-23-27(20-28(24-46)43-32-22-42-48(3)39(54)35(32)41)25-4-6-26(7-5-25)38(53)50-18-14-40(15-19-50)12-16-49(17-13-40)29-8-9-30-33(21-29)47(2)45-36(30)31-10-11-34(51)44-37(31)52/h4-9,21-22,27-28,31,43H,10-20,23-24H2,1-3H3,(H,44,51,52). The molecular formula is C40H48ClN9O4. The first-order chi connectivity index (χ1) is 26.0. The van der Waals surface area contributed by atoms with E-state index in [1.807, 2.05) is 28.8 Å². The van der Waals surface area contributed by atoms with Crippen molar-refractivity contribution in [2.75, 3.05) is 56.5 Å². The molecule has 4 aromatic rings. The Morgan fingerprint density at radius 3 is 2.37 bits per heavy atom. The van der Waals surface area contributed by atoms with E-state index in [2.05, 4.69) is 62.9 Å². The molecule has 6 heterocycles. The second-order valence-electron chi connectivity index (χ2n) is 15.9. The first kappa shape index (κ1) is 36.2. The van der Waals surface area contributed by atoms with Gasteiger partial charge in [0.2, 0.25) is 11.8 Å². The topological polar surface area (TPSA) is 138 Å². The van der Waals surface area contributed by atoms with E-state index in [0.29, 0.717) is 18.5 Å². The van der Waals surface area contributed by atoms with Gasteiger partial charge in [-0.3, -0.25) is 29.2 Å². The molecule has 13 nitrogen and oxygen atoms in total. The Kier molecular flexibility index (Phi) is 9.72. The zero-order valence-corrected chi connectivity index (χ0v) is 31.9. The highest BCUT2D eigenvalue weighted by Gasteiger charge is 2.39. The average Bonchev–Trinajstić information content (AvgIpc) is 3.50. The molecule has 284 valence electrons. The van der Waals surface area contributed by atoms with Crippen LogP contribution in [0.4, 0.5) is 11.4 Å². The predicted octanol–water partition coefficient (Wildman–Crippen LogP) is 4.26. The number of carbonyl (C=O) groups excluding carboxylic acids is 3. The molecule has 2 N–H and O–H groups in total. The van der Waals surface area contributed by atoms with Crippen molar-refractivity contribution in [1.29, 1.82) is 0 Å². The minimum atomic E-state index is -0.413. The fourth-order valence-corrected chi connectivity index (χ4v) is 9.41. The van der Waals surface area contributed by atoms with E-state index in [1.54, 1.807) is 13.2 Å². The van der Waals surface area contributed by atoms with Crippen molar-refractivity contribution in [2.24, 2.45) is 19.5 Å². The molecule has 14 heteroatoms. The van der Waals surface area contributed by atoms with Gasteiger partial charge in [-0.2, -0.15) is 10.2 Å². The number of piperidine rings is 4. The monoisotopic (exact) mass is 753 g/mol. The van der Waals surface area contributed by atoms with Crippen LogP contribution in [0.3, 0.4) is 0 Å². The SMILES string of the molecule is CN1CC(Nc2cnn(C)c(=O)c2Cl)CC(c2ccc(C(=O)N3CCC4(CC3)CCN(c3ccc5c(C6CCC(=O)NC6=O)nn(C)c5c3)CC4)cc2)C1. The zero-order valence-electron chi connectivity index (χ0n) is 31.2. The Bertz CT molecular complexity index is 2150. The van der Waals surface area contributed by atoms with Crippen LogP contribution in [0.1, 0.15) is 78.4 Å². The van der Waals surface area contributed by atoms with Gasteiger partial charge in [-0.15, -0.1) is 0 Å². The lowest BCUT2D eigenvalue weighted by Crippen LogP contribution is -2.48. The summed E-state index contributed by atoms with van der Waals surface area (Å²) in [7, 11) is 5.59. The van der Waals surface area contributed by atoms with Crippen molar-refractivity contribution in [1.82, 2.24) is 34.7 Å². The minimum absolute atomic E-state index is 0.0961. The van der Waals surface area contributed by atoms with Crippen LogP contribution in [0.25, 0.3) is 10.9 Å². The normalized spacial score (nSPS) is 23.5. The van der Waals surface area contributed by atoms with Gasteiger partial charge < -0.3 is 20.0 Å². The van der Waals surface area contributed by atoms with Crippen molar-refractivity contribution in [3.63, 3.8) is 0 Å².